The Morgan fingerprint density at radius 3 is 2.47 bits per heavy atom. The summed E-state index contributed by atoms with van der Waals surface area (Å²) in [7, 11) is 0. The van der Waals surface area contributed by atoms with Crippen molar-refractivity contribution in [2.45, 2.75) is 32.7 Å². The molecule has 15 heavy (non-hydrogen) atoms. The average Bonchev–Trinajstić information content (AvgIpc) is 2.12. The molecule has 3 atom stereocenters. The van der Waals surface area contributed by atoms with Crippen molar-refractivity contribution in [3.8, 4) is 0 Å². The highest BCUT2D eigenvalue weighted by atomic mass is 16.4. The molecule has 1 aliphatic heterocycles. The third kappa shape index (κ3) is 4.18. The summed E-state index contributed by atoms with van der Waals surface area (Å²) in [6.07, 6.45) is 1.83. The average molecular weight is 214 g/mol. The number of hydrogen-bond acceptors (Lipinski definition) is 3. The minimum atomic E-state index is -0.895. The summed E-state index contributed by atoms with van der Waals surface area (Å²) in [4.78, 5) is 12.9. The molecule has 88 valence electrons. The van der Waals surface area contributed by atoms with Gasteiger partial charge in [0.1, 0.15) is 6.04 Å². The maximum atomic E-state index is 10.6. The second-order valence-electron chi connectivity index (χ2n) is 4.94. The van der Waals surface area contributed by atoms with Gasteiger partial charge in [-0.25, -0.2) is 0 Å². The standard InChI is InChI=1S/C11H22N2O2/c1-8-5-9(2)7-13(6-8)4-3-10(12)11(14)15/h8-10H,3-7,12H2,1-2H3,(H,14,15). The summed E-state index contributed by atoms with van der Waals surface area (Å²) < 4.78 is 0. The first kappa shape index (κ1) is 12.5. The monoisotopic (exact) mass is 214 g/mol. The molecule has 1 rings (SSSR count). The molecular formula is C11H22N2O2. The lowest BCUT2D eigenvalue weighted by Crippen LogP contribution is -2.42. The molecular weight excluding hydrogens is 192 g/mol. The first-order valence-corrected chi connectivity index (χ1v) is 5.69. The fraction of sp³-hybridized carbons (Fsp3) is 0.909. The maximum absolute atomic E-state index is 10.6. The van der Waals surface area contributed by atoms with Crippen molar-refractivity contribution in [2.75, 3.05) is 19.6 Å². The van der Waals surface area contributed by atoms with Crippen LogP contribution in [0.2, 0.25) is 0 Å². The zero-order valence-corrected chi connectivity index (χ0v) is 9.65. The number of nitrogens with zero attached hydrogens (tertiary/aromatic N) is 1. The third-order valence-corrected chi connectivity index (χ3v) is 3.02. The van der Waals surface area contributed by atoms with Crippen molar-refractivity contribution in [2.24, 2.45) is 17.6 Å². The van der Waals surface area contributed by atoms with Crippen LogP contribution >= 0.6 is 0 Å². The van der Waals surface area contributed by atoms with E-state index in [1.54, 1.807) is 0 Å². The normalized spacial score (nSPS) is 30.1. The van der Waals surface area contributed by atoms with Gasteiger partial charge in [-0.15, -0.1) is 0 Å². The Morgan fingerprint density at radius 1 is 1.47 bits per heavy atom. The first-order valence-electron chi connectivity index (χ1n) is 5.69. The molecule has 0 spiro atoms. The number of piperidine rings is 1. The van der Waals surface area contributed by atoms with Crippen LogP contribution in [-0.2, 0) is 4.79 Å². The van der Waals surface area contributed by atoms with Gasteiger partial charge >= 0.3 is 5.97 Å². The van der Waals surface area contributed by atoms with Crippen LogP contribution in [0.3, 0.4) is 0 Å². The number of carbonyl (C=O) groups is 1. The molecule has 0 aliphatic carbocycles. The summed E-state index contributed by atoms with van der Waals surface area (Å²) in [5.41, 5.74) is 5.48. The fourth-order valence-corrected chi connectivity index (χ4v) is 2.42. The molecule has 0 radical (unpaired) electrons. The van der Waals surface area contributed by atoms with Gasteiger partial charge in [0.2, 0.25) is 0 Å². The van der Waals surface area contributed by atoms with E-state index in [2.05, 4.69) is 18.7 Å². The van der Waals surface area contributed by atoms with E-state index in [-0.39, 0.29) is 0 Å². The van der Waals surface area contributed by atoms with Crippen molar-refractivity contribution in [3.05, 3.63) is 0 Å². The van der Waals surface area contributed by atoms with E-state index in [1.165, 1.54) is 6.42 Å². The third-order valence-electron chi connectivity index (χ3n) is 3.02. The quantitative estimate of drug-likeness (QED) is 0.725. The lowest BCUT2D eigenvalue weighted by Gasteiger charge is -2.35. The maximum Gasteiger partial charge on any atom is 0.320 e. The van der Waals surface area contributed by atoms with Crippen molar-refractivity contribution < 1.29 is 9.90 Å². The number of aliphatic carboxylic acids is 1. The van der Waals surface area contributed by atoms with Gasteiger partial charge in [0.05, 0.1) is 0 Å². The Kier molecular flexibility index (Phi) is 4.54. The molecule has 1 heterocycles. The van der Waals surface area contributed by atoms with E-state index in [1.807, 2.05) is 0 Å². The molecule has 0 aromatic rings. The molecule has 1 saturated heterocycles. The Labute approximate surface area is 91.4 Å². The zero-order valence-electron chi connectivity index (χ0n) is 9.65. The van der Waals surface area contributed by atoms with Gasteiger partial charge in [-0.3, -0.25) is 4.79 Å². The number of rotatable bonds is 4. The molecule has 4 nitrogen and oxygen atoms in total. The van der Waals surface area contributed by atoms with Gasteiger partial charge in [-0.05, 0) is 24.7 Å². The highest BCUT2D eigenvalue weighted by Gasteiger charge is 2.22. The van der Waals surface area contributed by atoms with Crippen LogP contribution in [0.25, 0.3) is 0 Å². The summed E-state index contributed by atoms with van der Waals surface area (Å²) in [6.45, 7) is 7.47. The lowest BCUT2D eigenvalue weighted by molar-refractivity contribution is -0.138. The predicted octanol–water partition coefficient (Wildman–Crippen LogP) is 0.766. The van der Waals surface area contributed by atoms with Gasteiger partial charge in [0.15, 0.2) is 0 Å². The molecule has 0 aromatic heterocycles. The summed E-state index contributed by atoms with van der Waals surface area (Å²) in [6, 6.07) is -0.711. The van der Waals surface area contributed by atoms with E-state index in [4.69, 9.17) is 10.8 Å². The second kappa shape index (κ2) is 5.47. The second-order valence-corrected chi connectivity index (χ2v) is 4.94. The summed E-state index contributed by atoms with van der Waals surface area (Å²) in [5.74, 6) is 0.540. The van der Waals surface area contributed by atoms with Crippen molar-refractivity contribution >= 4 is 5.97 Å². The van der Waals surface area contributed by atoms with E-state index in [0.717, 1.165) is 31.5 Å². The van der Waals surface area contributed by atoms with Crippen molar-refractivity contribution in [3.63, 3.8) is 0 Å². The predicted molar refractivity (Wildman–Crippen MR) is 59.6 cm³/mol. The van der Waals surface area contributed by atoms with Crippen LogP contribution in [0, 0.1) is 11.8 Å². The fourth-order valence-electron chi connectivity index (χ4n) is 2.42. The van der Waals surface area contributed by atoms with Gasteiger partial charge < -0.3 is 15.7 Å². The Morgan fingerprint density at radius 2 is 2.00 bits per heavy atom. The molecule has 3 N–H and O–H groups in total. The lowest BCUT2D eigenvalue weighted by atomic mass is 9.92. The van der Waals surface area contributed by atoms with Crippen LogP contribution in [0.1, 0.15) is 26.7 Å². The topological polar surface area (TPSA) is 66.6 Å². The van der Waals surface area contributed by atoms with Crippen LogP contribution in [0.4, 0.5) is 0 Å². The Bertz CT molecular complexity index is 211. The number of nitrogens with two attached hydrogens (primary N) is 1. The van der Waals surface area contributed by atoms with E-state index in [9.17, 15) is 4.79 Å². The Hall–Kier alpha value is -0.610. The SMILES string of the molecule is CC1CC(C)CN(CCC(N)C(=O)O)C1. The highest BCUT2D eigenvalue weighted by molar-refractivity contribution is 5.72. The largest absolute Gasteiger partial charge is 0.480 e. The molecule has 1 fully saturated rings. The van der Waals surface area contributed by atoms with Crippen LogP contribution in [-0.4, -0.2) is 41.7 Å². The smallest absolute Gasteiger partial charge is 0.320 e. The van der Waals surface area contributed by atoms with E-state index in [0.29, 0.717) is 6.42 Å². The number of likely N-dealkylation sites (tertiary alicyclic amines) is 1. The summed E-state index contributed by atoms with van der Waals surface area (Å²) in [5, 5.41) is 8.67. The molecule has 1 aliphatic rings. The number of carboxylic acids is 1. The number of hydrogen-bond donors (Lipinski definition) is 2. The minimum Gasteiger partial charge on any atom is -0.480 e. The molecule has 0 amide bonds. The van der Waals surface area contributed by atoms with Gasteiger partial charge in [-0.1, -0.05) is 13.8 Å². The van der Waals surface area contributed by atoms with Gasteiger partial charge in [0.25, 0.3) is 0 Å². The van der Waals surface area contributed by atoms with Crippen molar-refractivity contribution in [1.82, 2.24) is 4.90 Å². The van der Waals surface area contributed by atoms with Crippen LogP contribution < -0.4 is 5.73 Å². The molecule has 4 heteroatoms. The Balaban J connectivity index is 2.29. The molecule has 3 unspecified atom stereocenters. The van der Waals surface area contributed by atoms with Crippen LogP contribution in [0.15, 0.2) is 0 Å². The van der Waals surface area contributed by atoms with Crippen LogP contribution in [0.5, 0.6) is 0 Å². The first-order chi connectivity index (χ1) is 6.99. The minimum absolute atomic E-state index is 0.550. The zero-order chi connectivity index (χ0) is 11.4. The van der Waals surface area contributed by atoms with Gasteiger partial charge in [0, 0.05) is 19.6 Å². The van der Waals surface area contributed by atoms with Gasteiger partial charge in [-0.2, -0.15) is 0 Å². The highest BCUT2D eigenvalue weighted by Crippen LogP contribution is 2.20. The summed E-state index contributed by atoms with van der Waals surface area (Å²) >= 11 is 0. The molecule has 0 saturated carbocycles. The number of carboxylic acid groups (broad SMARTS) is 1. The molecule has 0 aromatic carbocycles. The van der Waals surface area contributed by atoms with E-state index >= 15 is 0 Å². The van der Waals surface area contributed by atoms with E-state index < -0.39 is 12.0 Å². The van der Waals surface area contributed by atoms with Crippen molar-refractivity contribution in [1.29, 1.82) is 0 Å². The molecule has 0 bridgehead atoms.